The highest BCUT2D eigenvalue weighted by atomic mass is 16.5. The summed E-state index contributed by atoms with van der Waals surface area (Å²) in [5.74, 6) is -2.09. The molecule has 366 valence electrons. The minimum absolute atomic E-state index is 0.00769. The van der Waals surface area contributed by atoms with Gasteiger partial charge in [0.15, 0.2) is 0 Å². The summed E-state index contributed by atoms with van der Waals surface area (Å²) < 4.78 is 30.2. The topological polar surface area (TPSA) is 154 Å². The molecule has 66 heavy (non-hydrogen) atoms. The number of hydrogen-bond donors (Lipinski definition) is 3. The van der Waals surface area contributed by atoms with E-state index < -0.39 is 23.9 Å². The van der Waals surface area contributed by atoms with E-state index in [1.165, 1.54) is 24.3 Å². The monoisotopic (exact) mass is 917 g/mol. The van der Waals surface area contributed by atoms with Gasteiger partial charge in [-0.25, -0.2) is 19.2 Å². The molecular formula is C53H80N4O9. The first kappa shape index (κ1) is 51.4. The van der Waals surface area contributed by atoms with Gasteiger partial charge < -0.3 is 39.6 Å². The van der Waals surface area contributed by atoms with Gasteiger partial charge in [-0.15, -0.1) is 0 Å². The van der Waals surface area contributed by atoms with Crippen molar-refractivity contribution in [2.24, 2.45) is 23.7 Å². The fourth-order valence-electron chi connectivity index (χ4n) is 11.8. The Morgan fingerprint density at radius 3 is 1.05 bits per heavy atom. The smallest absolute Gasteiger partial charge is 0.339 e. The molecule has 13 nitrogen and oxygen atoms in total. The molecule has 4 saturated heterocycles. The van der Waals surface area contributed by atoms with E-state index in [0.717, 1.165) is 25.7 Å². The summed E-state index contributed by atoms with van der Waals surface area (Å²) in [4.78, 5) is 58.4. The van der Waals surface area contributed by atoms with Gasteiger partial charge in [0.1, 0.15) is 11.5 Å². The van der Waals surface area contributed by atoms with Crippen molar-refractivity contribution in [3.63, 3.8) is 0 Å². The fraction of sp³-hybridized carbons (Fsp3) is 0.698. The molecule has 4 aliphatic rings. The molecule has 3 N–H and O–H groups in total. The Hall–Kier alpha value is -4.04. The number of esters is 4. The van der Waals surface area contributed by atoms with Gasteiger partial charge in [-0.2, -0.15) is 0 Å². The zero-order valence-electron chi connectivity index (χ0n) is 43.1. The second-order valence-corrected chi connectivity index (χ2v) is 24.7. The summed E-state index contributed by atoms with van der Waals surface area (Å²) >= 11 is 0. The second kappa shape index (κ2) is 17.8. The van der Waals surface area contributed by atoms with Crippen molar-refractivity contribution in [1.82, 2.24) is 20.9 Å². The van der Waals surface area contributed by atoms with E-state index in [9.17, 15) is 19.2 Å². The highest BCUT2D eigenvalue weighted by molar-refractivity contribution is 6.04. The zero-order valence-corrected chi connectivity index (χ0v) is 43.1. The number of carbonyl (C=O) groups excluding carboxylic acids is 4. The SMILES string of the molecule is CN1C(C)(C)CC(COC(=O)c2ccc(Oc3ccc(C(=O)OCC4CC(C)(C)NC4(C)C)c(C(=O)OCC4CC(C)(C)NC4(C)C)c3)cc2C(=O)OCC2CC(C)(C)NC2(C)C)C1(C)C. The van der Waals surface area contributed by atoms with Crippen LogP contribution in [0.2, 0.25) is 0 Å². The van der Waals surface area contributed by atoms with E-state index in [4.69, 9.17) is 23.7 Å². The molecule has 13 heteroatoms. The fourth-order valence-corrected chi connectivity index (χ4v) is 11.8. The number of rotatable bonds is 14. The lowest BCUT2D eigenvalue weighted by Gasteiger charge is -2.38. The lowest BCUT2D eigenvalue weighted by Crippen LogP contribution is -2.47. The van der Waals surface area contributed by atoms with Gasteiger partial charge in [-0.3, -0.25) is 4.90 Å². The van der Waals surface area contributed by atoms with Crippen LogP contribution in [0.4, 0.5) is 0 Å². The summed E-state index contributed by atoms with van der Waals surface area (Å²) in [6, 6.07) is 9.09. The maximum Gasteiger partial charge on any atom is 0.339 e. The summed E-state index contributed by atoms with van der Waals surface area (Å²) in [7, 11) is 2.09. The maximum absolute atomic E-state index is 14.1. The van der Waals surface area contributed by atoms with Gasteiger partial charge in [0.05, 0.1) is 48.7 Å². The minimum Gasteiger partial charge on any atom is -0.462 e. The van der Waals surface area contributed by atoms with E-state index in [1.807, 2.05) is 0 Å². The molecule has 4 atom stereocenters. The quantitative estimate of drug-likeness (QED) is 0.122. The van der Waals surface area contributed by atoms with Crippen LogP contribution >= 0.6 is 0 Å². The Kier molecular flexibility index (Phi) is 13.9. The number of likely N-dealkylation sites (tertiary alicyclic amines) is 1. The molecule has 0 spiro atoms. The van der Waals surface area contributed by atoms with Crippen molar-refractivity contribution >= 4 is 23.9 Å². The van der Waals surface area contributed by atoms with Crippen molar-refractivity contribution in [1.29, 1.82) is 0 Å². The lowest BCUT2D eigenvalue weighted by molar-refractivity contribution is 0.0306. The molecule has 4 fully saturated rings. The van der Waals surface area contributed by atoms with E-state index in [0.29, 0.717) is 0 Å². The predicted octanol–water partition coefficient (Wildman–Crippen LogP) is 9.12. The van der Waals surface area contributed by atoms with E-state index in [-0.39, 0.29) is 128 Å². The molecule has 4 heterocycles. The van der Waals surface area contributed by atoms with Crippen LogP contribution in [0.15, 0.2) is 36.4 Å². The summed E-state index contributed by atoms with van der Waals surface area (Å²) in [6.45, 7) is 34.6. The number of benzene rings is 2. The van der Waals surface area contributed by atoms with Gasteiger partial charge in [0.25, 0.3) is 0 Å². The van der Waals surface area contributed by atoms with Gasteiger partial charge in [0, 0.05) is 68.0 Å². The highest BCUT2D eigenvalue weighted by Crippen LogP contribution is 2.44. The molecule has 4 unspecified atom stereocenters. The standard InChI is InChI=1S/C53H80N4O9/c1-46(2)24-32(50(9,10)54-46)28-62-42(58)38-20-18-36(22-40(38)44(60)63-29-33-25-47(3,4)55-51(33,11)12)66-37-19-21-39(43(59)65-31-35-27-49(7,8)57(17)53(35,15)16)41(23-37)45(61)64-30-34-26-48(5,6)56-52(34,13)14/h18-23,32-35,54-56H,24-31H2,1-17H3. The van der Waals surface area contributed by atoms with Crippen molar-refractivity contribution in [3.8, 4) is 11.5 Å². The molecule has 2 aromatic rings. The Morgan fingerprint density at radius 1 is 0.470 bits per heavy atom. The maximum atomic E-state index is 14.1. The third kappa shape index (κ3) is 11.3. The molecule has 0 amide bonds. The molecule has 0 aromatic heterocycles. The van der Waals surface area contributed by atoms with Crippen molar-refractivity contribution in [3.05, 3.63) is 58.7 Å². The van der Waals surface area contributed by atoms with Crippen LogP contribution in [0.5, 0.6) is 11.5 Å². The van der Waals surface area contributed by atoms with Crippen LogP contribution in [-0.4, -0.2) is 107 Å². The van der Waals surface area contributed by atoms with Crippen molar-refractivity contribution in [2.75, 3.05) is 33.5 Å². The number of ether oxygens (including phenoxy) is 5. The molecule has 6 rings (SSSR count). The second-order valence-electron chi connectivity index (χ2n) is 24.7. The van der Waals surface area contributed by atoms with Gasteiger partial charge in [0.2, 0.25) is 0 Å². The third-order valence-electron chi connectivity index (χ3n) is 15.6. The zero-order chi connectivity index (χ0) is 49.2. The first-order valence-corrected chi connectivity index (χ1v) is 23.9. The summed E-state index contributed by atoms with van der Waals surface area (Å²) in [5.41, 5.74) is -1.45. The predicted molar refractivity (Wildman–Crippen MR) is 256 cm³/mol. The van der Waals surface area contributed by atoms with Crippen LogP contribution in [-0.2, 0) is 18.9 Å². The number of hydrogen-bond acceptors (Lipinski definition) is 13. The largest absolute Gasteiger partial charge is 0.462 e. The van der Waals surface area contributed by atoms with Gasteiger partial charge >= 0.3 is 23.9 Å². The number of nitrogens with one attached hydrogen (secondary N) is 3. The molecule has 2 aromatic carbocycles. The normalized spacial score (nSPS) is 27.2. The Labute approximate surface area is 394 Å². The highest BCUT2D eigenvalue weighted by Gasteiger charge is 2.50. The Bertz CT molecular complexity index is 2190. The molecule has 0 aliphatic carbocycles. The van der Waals surface area contributed by atoms with Gasteiger partial charge in [-0.1, -0.05) is 0 Å². The Morgan fingerprint density at radius 2 is 0.773 bits per heavy atom. The van der Waals surface area contributed by atoms with Crippen LogP contribution in [0.3, 0.4) is 0 Å². The van der Waals surface area contributed by atoms with Crippen LogP contribution in [0, 0.1) is 23.7 Å². The third-order valence-corrected chi connectivity index (χ3v) is 15.6. The van der Waals surface area contributed by atoms with Crippen molar-refractivity contribution in [2.45, 2.75) is 181 Å². The van der Waals surface area contributed by atoms with E-state index in [2.05, 4.69) is 139 Å². The number of carbonyl (C=O) groups is 4. The first-order chi connectivity index (χ1) is 30.1. The summed E-state index contributed by atoms with van der Waals surface area (Å²) in [6.07, 6.45) is 3.23. The van der Waals surface area contributed by atoms with E-state index in [1.54, 1.807) is 12.1 Å². The van der Waals surface area contributed by atoms with Crippen LogP contribution in [0.25, 0.3) is 0 Å². The molecule has 0 radical (unpaired) electrons. The molecule has 0 saturated carbocycles. The minimum atomic E-state index is -0.688. The first-order valence-electron chi connectivity index (χ1n) is 23.9. The lowest BCUT2D eigenvalue weighted by atomic mass is 9.87. The van der Waals surface area contributed by atoms with Crippen LogP contribution < -0.4 is 20.7 Å². The molecule has 0 bridgehead atoms. The average molecular weight is 917 g/mol. The van der Waals surface area contributed by atoms with E-state index >= 15 is 0 Å². The average Bonchev–Trinajstić information content (AvgIpc) is 3.71. The Balaban J connectivity index is 1.28. The number of nitrogens with zero attached hydrogens (tertiary/aromatic N) is 1. The molecular weight excluding hydrogens is 837 g/mol. The summed E-state index contributed by atoms with van der Waals surface area (Å²) in [5, 5.41) is 10.9. The molecule has 4 aliphatic heterocycles. The van der Waals surface area contributed by atoms with Gasteiger partial charge in [-0.05, 0) is 180 Å². The van der Waals surface area contributed by atoms with Crippen LogP contribution in [0.1, 0.15) is 178 Å². The van der Waals surface area contributed by atoms with Crippen molar-refractivity contribution < 1.29 is 42.9 Å².